The Kier molecular flexibility index (Phi) is 3.38. The van der Waals surface area contributed by atoms with Gasteiger partial charge in [0.2, 0.25) is 0 Å². The molecule has 0 saturated carbocycles. The molecule has 0 bridgehead atoms. The van der Waals surface area contributed by atoms with E-state index in [4.69, 9.17) is 5.73 Å². The van der Waals surface area contributed by atoms with Crippen LogP contribution in [0.25, 0.3) is 10.9 Å². The molecule has 2 N–H and O–H groups in total. The van der Waals surface area contributed by atoms with Gasteiger partial charge in [-0.15, -0.1) is 0 Å². The predicted molar refractivity (Wildman–Crippen MR) is 68.4 cm³/mol. The highest BCUT2D eigenvalue weighted by Gasteiger charge is 2.10. The molecule has 0 amide bonds. The average molecular weight is 232 g/mol. The fraction of sp³-hybridized carbons (Fsp3) is 0.357. The van der Waals surface area contributed by atoms with E-state index in [1.165, 1.54) is 0 Å². The average Bonchev–Trinajstić information content (AvgIpc) is 2.30. The molecular weight excluding hydrogens is 215 g/mol. The van der Waals surface area contributed by atoms with Crippen LogP contribution in [0.5, 0.6) is 0 Å². The lowest BCUT2D eigenvalue weighted by Crippen LogP contribution is -2.13. The zero-order valence-corrected chi connectivity index (χ0v) is 10.2. The quantitative estimate of drug-likeness (QED) is 0.883. The van der Waals surface area contributed by atoms with E-state index in [1.54, 1.807) is 18.3 Å². The summed E-state index contributed by atoms with van der Waals surface area (Å²) in [7, 11) is 0. The molecule has 1 aromatic carbocycles. The van der Waals surface area contributed by atoms with Crippen LogP contribution in [0.3, 0.4) is 0 Å². The van der Waals surface area contributed by atoms with Crippen LogP contribution in [0, 0.1) is 18.7 Å². The van der Waals surface area contributed by atoms with Gasteiger partial charge in [0.05, 0.1) is 5.52 Å². The first kappa shape index (κ1) is 12.0. The van der Waals surface area contributed by atoms with Crippen molar-refractivity contribution in [1.82, 2.24) is 4.98 Å². The van der Waals surface area contributed by atoms with Crippen LogP contribution in [-0.2, 0) is 6.42 Å². The molecule has 3 heteroatoms. The Morgan fingerprint density at radius 2 is 2.18 bits per heavy atom. The first-order chi connectivity index (χ1) is 8.11. The Morgan fingerprint density at radius 1 is 1.41 bits per heavy atom. The third kappa shape index (κ3) is 2.44. The largest absolute Gasteiger partial charge is 0.330 e. The second-order valence-electron chi connectivity index (χ2n) is 4.63. The summed E-state index contributed by atoms with van der Waals surface area (Å²) >= 11 is 0. The summed E-state index contributed by atoms with van der Waals surface area (Å²) in [6.07, 6.45) is 2.54. The number of pyridine rings is 1. The molecule has 2 aromatic rings. The lowest BCUT2D eigenvalue weighted by Gasteiger charge is -2.11. The Morgan fingerprint density at radius 3 is 2.88 bits per heavy atom. The Labute approximate surface area is 101 Å². The van der Waals surface area contributed by atoms with Crippen LogP contribution in [0.4, 0.5) is 4.39 Å². The molecule has 90 valence electrons. The number of nitrogens with zero attached hydrogens (tertiary/aromatic N) is 1. The van der Waals surface area contributed by atoms with Gasteiger partial charge in [-0.3, -0.25) is 4.98 Å². The molecule has 2 nitrogen and oxygen atoms in total. The van der Waals surface area contributed by atoms with Gasteiger partial charge in [0.25, 0.3) is 0 Å². The van der Waals surface area contributed by atoms with Gasteiger partial charge in [-0.25, -0.2) is 4.39 Å². The Hall–Kier alpha value is -1.48. The van der Waals surface area contributed by atoms with Crippen molar-refractivity contribution >= 4 is 10.9 Å². The molecular formula is C14H17FN2. The molecule has 0 aliphatic heterocycles. The molecule has 17 heavy (non-hydrogen) atoms. The molecule has 1 heterocycles. The number of fused-ring (bicyclic) bond motifs is 1. The molecule has 0 spiro atoms. The molecule has 1 aromatic heterocycles. The topological polar surface area (TPSA) is 38.9 Å². The molecule has 0 radical (unpaired) electrons. The van der Waals surface area contributed by atoms with Gasteiger partial charge in [-0.2, -0.15) is 0 Å². The van der Waals surface area contributed by atoms with E-state index in [0.29, 0.717) is 12.5 Å². The van der Waals surface area contributed by atoms with Crippen LogP contribution >= 0.6 is 0 Å². The number of halogens is 1. The minimum atomic E-state index is -0.201. The molecule has 0 fully saturated rings. The lowest BCUT2D eigenvalue weighted by molar-refractivity contribution is 0.586. The van der Waals surface area contributed by atoms with Crippen LogP contribution < -0.4 is 5.73 Å². The highest BCUT2D eigenvalue weighted by atomic mass is 19.1. The highest BCUT2D eigenvalue weighted by molar-refractivity contribution is 5.84. The van der Waals surface area contributed by atoms with E-state index >= 15 is 0 Å². The summed E-state index contributed by atoms with van der Waals surface area (Å²) in [4.78, 5) is 4.36. The zero-order chi connectivity index (χ0) is 12.4. The Balaban J connectivity index is 2.58. The molecule has 1 unspecified atom stereocenters. The van der Waals surface area contributed by atoms with E-state index in [1.807, 2.05) is 13.0 Å². The van der Waals surface area contributed by atoms with Crippen LogP contribution in [0.1, 0.15) is 18.1 Å². The summed E-state index contributed by atoms with van der Waals surface area (Å²) in [6.45, 7) is 4.63. The van der Waals surface area contributed by atoms with Crippen LogP contribution in [0.15, 0.2) is 24.4 Å². The Bertz CT molecular complexity index is 537. The van der Waals surface area contributed by atoms with Crippen molar-refractivity contribution in [3.05, 3.63) is 41.3 Å². The van der Waals surface area contributed by atoms with Crippen molar-refractivity contribution in [2.24, 2.45) is 11.7 Å². The van der Waals surface area contributed by atoms with E-state index in [-0.39, 0.29) is 5.82 Å². The number of hydrogen-bond acceptors (Lipinski definition) is 2. The fourth-order valence-electron chi connectivity index (χ4n) is 2.04. The van der Waals surface area contributed by atoms with Crippen molar-refractivity contribution in [2.75, 3.05) is 6.54 Å². The summed E-state index contributed by atoms with van der Waals surface area (Å²) in [6, 6.07) is 5.02. The molecule has 0 aliphatic carbocycles. The van der Waals surface area contributed by atoms with Gasteiger partial charge in [0.1, 0.15) is 5.82 Å². The SMILES string of the molecule is Cc1ccnc2c(CC(C)CN)cc(F)cc12. The maximum atomic E-state index is 13.6. The second-order valence-corrected chi connectivity index (χ2v) is 4.63. The number of rotatable bonds is 3. The van der Waals surface area contributed by atoms with Crippen molar-refractivity contribution in [1.29, 1.82) is 0 Å². The minimum Gasteiger partial charge on any atom is -0.330 e. The fourth-order valence-corrected chi connectivity index (χ4v) is 2.04. The van der Waals surface area contributed by atoms with E-state index in [2.05, 4.69) is 11.9 Å². The van der Waals surface area contributed by atoms with Gasteiger partial charge < -0.3 is 5.73 Å². The first-order valence-corrected chi connectivity index (χ1v) is 5.85. The van der Waals surface area contributed by atoms with Gasteiger partial charge in [-0.05, 0) is 55.1 Å². The van der Waals surface area contributed by atoms with Crippen molar-refractivity contribution in [3.8, 4) is 0 Å². The van der Waals surface area contributed by atoms with Crippen molar-refractivity contribution < 1.29 is 4.39 Å². The first-order valence-electron chi connectivity index (χ1n) is 5.85. The summed E-state index contributed by atoms with van der Waals surface area (Å²) in [5.74, 6) is 0.134. The van der Waals surface area contributed by atoms with Crippen LogP contribution in [-0.4, -0.2) is 11.5 Å². The van der Waals surface area contributed by atoms with Gasteiger partial charge in [0.15, 0.2) is 0 Å². The smallest absolute Gasteiger partial charge is 0.124 e. The van der Waals surface area contributed by atoms with E-state index in [9.17, 15) is 4.39 Å². The van der Waals surface area contributed by atoms with E-state index in [0.717, 1.165) is 28.5 Å². The lowest BCUT2D eigenvalue weighted by atomic mass is 9.97. The normalized spacial score (nSPS) is 12.9. The molecule has 0 aliphatic rings. The summed E-state index contributed by atoms with van der Waals surface area (Å²) in [5.41, 5.74) is 8.51. The van der Waals surface area contributed by atoms with E-state index < -0.39 is 0 Å². The third-order valence-corrected chi connectivity index (χ3v) is 3.08. The number of nitrogens with two attached hydrogens (primary N) is 1. The zero-order valence-electron chi connectivity index (χ0n) is 10.2. The number of hydrogen-bond donors (Lipinski definition) is 1. The standard InChI is InChI=1S/C14H17FN2/c1-9(8-16)5-11-6-12(15)7-13-10(2)3-4-17-14(11)13/h3-4,6-7,9H,5,8,16H2,1-2H3. The number of aryl methyl sites for hydroxylation is 1. The number of benzene rings is 1. The van der Waals surface area contributed by atoms with Gasteiger partial charge in [-0.1, -0.05) is 6.92 Å². The number of aromatic nitrogens is 1. The summed E-state index contributed by atoms with van der Waals surface area (Å²) < 4.78 is 13.6. The van der Waals surface area contributed by atoms with Crippen molar-refractivity contribution in [3.63, 3.8) is 0 Å². The summed E-state index contributed by atoms with van der Waals surface area (Å²) in [5, 5.41) is 0.895. The third-order valence-electron chi connectivity index (χ3n) is 3.08. The predicted octanol–water partition coefficient (Wildman–Crippen LogP) is 2.82. The second kappa shape index (κ2) is 4.80. The van der Waals surface area contributed by atoms with Gasteiger partial charge in [0, 0.05) is 11.6 Å². The molecule has 1 atom stereocenters. The monoisotopic (exact) mass is 232 g/mol. The maximum Gasteiger partial charge on any atom is 0.124 e. The van der Waals surface area contributed by atoms with Crippen LogP contribution in [0.2, 0.25) is 0 Å². The van der Waals surface area contributed by atoms with Crippen molar-refractivity contribution in [2.45, 2.75) is 20.3 Å². The molecule has 0 saturated heterocycles. The maximum absolute atomic E-state index is 13.6. The minimum absolute atomic E-state index is 0.201. The van der Waals surface area contributed by atoms with Gasteiger partial charge >= 0.3 is 0 Å². The highest BCUT2D eigenvalue weighted by Crippen LogP contribution is 2.23. The molecule has 2 rings (SSSR count).